The number of benzene rings is 1. The first-order valence-corrected chi connectivity index (χ1v) is 6.95. The summed E-state index contributed by atoms with van der Waals surface area (Å²) in [6.07, 6.45) is 2.73. The molecule has 0 atom stereocenters. The summed E-state index contributed by atoms with van der Waals surface area (Å²) in [5, 5.41) is 9.01. The van der Waals surface area contributed by atoms with Crippen LogP contribution in [0.15, 0.2) is 41.6 Å². The Morgan fingerprint density at radius 1 is 1.32 bits per heavy atom. The van der Waals surface area contributed by atoms with Gasteiger partial charge >= 0.3 is 5.97 Å². The second kappa shape index (κ2) is 4.94. The van der Waals surface area contributed by atoms with Crippen LogP contribution >= 0.6 is 11.6 Å². The van der Waals surface area contributed by atoms with Crippen LogP contribution in [0.3, 0.4) is 0 Å². The van der Waals surface area contributed by atoms with Gasteiger partial charge in [-0.05, 0) is 18.2 Å². The van der Waals surface area contributed by atoms with Crippen molar-refractivity contribution in [2.45, 2.75) is 4.90 Å². The molecule has 2 rings (SSSR count). The van der Waals surface area contributed by atoms with E-state index < -0.39 is 16.0 Å². The van der Waals surface area contributed by atoms with Crippen molar-refractivity contribution in [2.75, 3.05) is 4.72 Å². The number of carbonyl (C=O) groups is 1. The number of carboxylic acids is 1. The first-order valence-electron chi connectivity index (χ1n) is 5.09. The topological polar surface area (TPSA) is 99.3 Å². The molecule has 0 amide bonds. The van der Waals surface area contributed by atoms with Gasteiger partial charge in [-0.3, -0.25) is 4.72 Å². The molecule has 8 heteroatoms. The van der Waals surface area contributed by atoms with Crippen molar-refractivity contribution in [3.05, 3.63) is 47.2 Å². The third kappa shape index (κ3) is 2.72. The zero-order valence-electron chi connectivity index (χ0n) is 9.42. The van der Waals surface area contributed by atoms with Gasteiger partial charge in [0.1, 0.15) is 10.5 Å². The lowest BCUT2D eigenvalue weighted by Crippen LogP contribution is -2.15. The van der Waals surface area contributed by atoms with Gasteiger partial charge < -0.3 is 10.1 Å². The first-order chi connectivity index (χ1) is 8.92. The highest BCUT2D eigenvalue weighted by Crippen LogP contribution is 2.26. The monoisotopic (exact) mass is 300 g/mol. The standard InChI is InChI=1S/C11H9ClN2O4S/c12-8-2-1-3-9(10(8)11(15)16)14-19(17,18)7-4-5-13-6-7/h1-6,13-14H,(H,15,16). The Labute approximate surface area is 114 Å². The number of aromatic nitrogens is 1. The summed E-state index contributed by atoms with van der Waals surface area (Å²) < 4.78 is 26.2. The average molecular weight is 301 g/mol. The maximum Gasteiger partial charge on any atom is 0.339 e. The molecule has 0 aliphatic rings. The van der Waals surface area contributed by atoms with E-state index in [-0.39, 0.29) is 21.2 Å². The van der Waals surface area contributed by atoms with Crippen LogP contribution in [0.25, 0.3) is 0 Å². The Hall–Kier alpha value is -1.99. The Balaban J connectivity index is 2.45. The van der Waals surface area contributed by atoms with E-state index in [1.807, 2.05) is 0 Å². The number of halogens is 1. The molecule has 0 spiro atoms. The van der Waals surface area contributed by atoms with Crippen molar-refractivity contribution in [1.82, 2.24) is 4.98 Å². The van der Waals surface area contributed by atoms with E-state index in [0.717, 1.165) is 0 Å². The minimum absolute atomic E-state index is 0.00353. The number of aromatic amines is 1. The predicted octanol–water partition coefficient (Wildman–Crippen LogP) is 2.17. The molecule has 2 aromatic rings. The zero-order valence-corrected chi connectivity index (χ0v) is 11.0. The normalized spacial score (nSPS) is 11.2. The summed E-state index contributed by atoms with van der Waals surface area (Å²) in [6, 6.07) is 5.52. The largest absolute Gasteiger partial charge is 0.478 e. The lowest BCUT2D eigenvalue weighted by atomic mass is 10.2. The van der Waals surface area contributed by atoms with E-state index in [2.05, 4.69) is 9.71 Å². The molecule has 0 saturated carbocycles. The molecule has 100 valence electrons. The van der Waals surface area contributed by atoms with E-state index in [1.54, 1.807) is 0 Å². The maximum atomic E-state index is 12.0. The smallest absolute Gasteiger partial charge is 0.339 e. The van der Waals surface area contributed by atoms with Crippen LogP contribution < -0.4 is 4.72 Å². The number of rotatable bonds is 4. The molecule has 6 nitrogen and oxygen atoms in total. The zero-order chi connectivity index (χ0) is 14.0. The van der Waals surface area contributed by atoms with E-state index >= 15 is 0 Å². The van der Waals surface area contributed by atoms with Crippen LogP contribution in [-0.2, 0) is 10.0 Å². The molecule has 0 radical (unpaired) electrons. The minimum atomic E-state index is -3.85. The molecular weight excluding hydrogens is 292 g/mol. The van der Waals surface area contributed by atoms with Crippen molar-refractivity contribution in [2.24, 2.45) is 0 Å². The number of hydrogen-bond donors (Lipinski definition) is 3. The molecule has 0 saturated heterocycles. The fourth-order valence-electron chi connectivity index (χ4n) is 1.51. The Morgan fingerprint density at radius 2 is 2.05 bits per heavy atom. The van der Waals surface area contributed by atoms with Gasteiger partial charge in [0.2, 0.25) is 0 Å². The number of H-pyrrole nitrogens is 1. The highest BCUT2D eigenvalue weighted by molar-refractivity contribution is 7.92. The second-order valence-electron chi connectivity index (χ2n) is 3.62. The molecule has 3 N–H and O–H groups in total. The molecule has 0 fully saturated rings. The summed E-state index contributed by atoms with van der Waals surface area (Å²) in [6.45, 7) is 0. The van der Waals surface area contributed by atoms with Crippen molar-refractivity contribution in [1.29, 1.82) is 0 Å². The van der Waals surface area contributed by atoms with Gasteiger partial charge in [-0.2, -0.15) is 0 Å². The SMILES string of the molecule is O=C(O)c1c(Cl)cccc1NS(=O)(=O)c1cc[nH]c1. The third-order valence-corrected chi connectivity index (χ3v) is 4.03. The lowest BCUT2D eigenvalue weighted by Gasteiger charge is -2.10. The van der Waals surface area contributed by atoms with Gasteiger partial charge in [-0.15, -0.1) is 0 Å². The molecule has 1 aromatic carbocycles. The van der Waals surface area contributed by atoms with Gasteiger partial charge in [0.15, 0.2) is 0 Å². The van der Waals surface area contributed by atoms with Gasteiger partial charge in [0, 0.05) is 12.4 Å². The quantitative estimate of drug-likeness (QED) is 0.805. The number of hydrogen-bond acceptors (Lipinski definition) is 3. The number of nitrogens with one attached hydrogen (secondary N) is 2. The number of carboxylic acid groups (broad SMARTS) is 1. The molecular formula is C11H9ClN2O4S. The summed E-state index contributed by atoms with van der Waals surface area (Å²) in [7, 11) is -3.85. The highest BCUT2D eigenvalue weighted by Gasteiger charge is 2.20. The summed E-state index contributed by atoms with van der Waals surface area (Å²) in [4.78, 5) is 13.7. The summed E-state index contributed by atoms with van der Waals surface area (Å²) in [5.41, 5.74) is -0.371. The highest BCUT2D eigenvalue weighted by atomic mass is 35.5. The summed E-state index contributed by atoms with van der Waals surface area (Å²) in [5.74, 6) is -1.31. The Kier molecular flexibility index (Phi) is 3.50. The molecule has 1 heterocycles. The number of anilines is 1. The molecule has 0 aliphatic carbocycles. The molecule has 19 heavy (non-hydrogen) atoms. The first kappa shape index (κ1) is 13.4. The molecule has 1 aromatic heterocycles. The van der Waals surface area contributed by atoms with Crippen LogP contribution in [0.5, 0.6) is 0 Å². The molecule has 0 unspecified atom stereocenters. The van der Waals surface area contributed by atoms with Crippen molar-refractivity contribution < 1.29 is 18.3 Å². The fraction of sp³-hybridized carbons (Fsp3) is 0. The maximum absolute atomic E-state index is 12.0. The van der Waals surface area contributed by atoms with Crippen LogP contribution in [0.4, 0.5) is 5.69 Å². The van der Waals surface area contributed by atoms with Crippen molar-refractivity contribution in [3.63, 3.8) is 0 Å². The van der Waals surface area contributed by atoms with Crippen LogP contribution in [0, 0.1) is 0 Å². The van der Waals surface area contributed by atoms with Gasteiger partial charge in [-0.1, -0.05) is 17.7 Å². The van der Waals surface area contributed by atoms with Gasteiger partial charge in [0.25, 0.3) is 10.0 Å². The summed E-state index contributed by atoms with van der Waals surface area (Å²) >= 11 is 5.76. The van der Waals surface area contributed by atoms with Gasteiger partial charge in [-0.25, -0.2) is 13.2 Å². The molecule has 0 aliphatic heterocycles. The Morgan fingerprint density at radius 3 is 2.63 bits per heavy atom. The van der Waals surface area contributed by atoms with E-state index in [0.29, 0.717) is 0 Å². The van der Waals surface area contributed by atoms with Crippen LogP contribution in [0.2, 0.25) is 5.02 Å². The minimum Gasteiger partial charge on any atom is -0.478 e. The van der Waals surface area contributed by atoms with E-state index in [9.17, 15) is 13.2 Å². The van der Waals surface area contributed by atoms with E-state index in [4.69, 9.17) is 16.7 Å². The van der Waals surface area contributed by atoms with Crippen molar-refractivity contribution >= 4 is 33.3 Å². The lowest BCUT2D eigenvalue weighted by molar-refractivity contribution is 0.0698. The number of aromatic carboxylic acids is 1. The van der Waals surface area contributed by atoms with Crippen LogP contribution in [0.1, 0.15) is 10.4 Å². The van der Waals surface area contributed by atoms with Crippen LogP contribution in [-0.4, -0.2) is 24.5 Å². The third-order valence-electron chi connectivity index (χ3n) is 2.35. The average Bonchev–Trinajstić information content (AvgIpc) is 2.81. The van der Waals surface area contributed by atoms with E-state index in [1.165, 1.54) is 36.7 Å². The van der Waals surface area contributed by atoms with Crippen molar-refractivity contribution in [3.8, 4) is 0 Å². The van der Waals surface area contributed by atoms with Gasteiger partial charge in [0.05, 0.1) is 10.7 Å². The number of sulfonamides is 1. The molecule has 0 bridgehead atoms. The Bertz CT molecular complexity index is 710. The fourth-order valence-corrected chi connectivity index (χ4v) is 2.81. The predicted molar refractivity (Wildman–Crippen MR) is 70.0 cm³/mol. The second-order valence-corrected chi connectivity index (χ2v) is 5.71.